The van der Waals surface area contributed by atoms with E-state index < -0.39 is 43.3 Å². The highest BCUT2D eigenvalue weighted by atomic mass is 16.7. The highest BCUT2D eigenvalue weighted by Gasteiger charge is 2.45. The zero-order valence-electron chi connectivity index (χ0n) is 8.11. The molecule has 1 saturated heterocycles. The summed E-state index contributed by atoms with van der Waals surface area (Å²) in [4.78, 5) is 10.7. The van der Waals surface area contributed by atoms with Crippen LogP contribution in [-0.2, 0) is 14.3 Å². The predicted octanol–water partition coefficient (Wildman–Crippen LogP) is -2.65. The van der Waals surface area contributed by atoms with E-state index in [1.165, 1.54) is 0 Å². The minimum absolute atomic E-state index is 0.543. The fraction of sp³-hybridized carbons (Fsp3) is 0.875. The van der Waals surface area contributed by atoms with Gasteiger partial charge in [-0.25, -0.2) is 0 Å². The lowest BCUT2D eigenvalue weighted by Crippen LogP contribution is -2.59. The van der Waals surface area contributed by atoms with Gasteiger partial charge in [0.1, 0.15) is 18.3 Å². The van der Waals surface area contributed by atoms with Crippen LogP contribution in [0.5, 0.6) is 0 Å². The number of hydrogen-bond acceptors (Lipinski definition) is 7. The summed E-state index contributed by atoms with van der Waals surface area (Å²) in [5, 5.41) is 36.7. The second-order valence-corrected chi connectivity index (χ2v) is 3.30. The molecule has 5 atom stereocenters. The van der Waals surface area contributed by atoms with Crippen molar-refractivity contribution in [3.05, 3.63) is 0 Å². The largest absolute Gasteiger partial charge is 0.457 e. The van der Waals surface area contributed by atoms with Gasteiger partial charge in [-0.2, -0.15) is 0 Å². The predicted molar refractivity (Wildman–Crippen MR) is 45.5 cm³/mol. The van der Waals surface area contributed by atoms with Gasteiger partial charge in [-0.15, -0.1) is 0 Å². The quantitative estimate of drug-likeness (QED) is 0.377. The molecular formula is C8H14O7. The van der Waals surface area contributed by atoms with Crippen LogP contribution < -0.4 is 0 Å². The lowest BCUT2D eigenvalue weighted by atomic mass is 9.99. The molecule has 0 aromatic rings. The fourth-order valence-electron chi connectivity index (χ4n) is 1.40. The Morgan fingerprint density at radius 3 is 2.40 bits per heavy atom. The highest BCUT2D eigenvalue weighted by Crippen LogP contribution is 2.22. The molecule has 1 fully saturated rings. The Morgan fingerprint density at radius 2 is 1.93 bits per heavy atom. The van der Waals surface area contributed by atoms with Crippen molar-refractivity contribution in [2.45, 2.75) is 37.6 Å². The third-order valence-corrected chi connectivity index (χ3v) is 2.14. The Kier molecular flexibility index (Phi) is 4.00. The molecule has 4 N–H and O–H groups in total. The van der Waals surface area contributed by atoms with Crippen LogP contribution in [-0.4, -0.2) is 63.7 Å². The van der Waals surface area contributed by atoms with E-state index in [1.54, 1.807) is 0 Å². The van der Waals surface area contributed by atoms with Gasteiger partial charge in [0, 0.05) is 6.92 Å². The van der Waals surface area contributed by atoms with Gasteiger partial charge in [0.05, 0.1) is 6.61 Å². The van der Waals surface area contributed by atoms with Crippen LogP contribution in [0.1, 0.15) is 6.92 Å². The SMILES string of the molecule is CC(=O)O[C@H]1[C@H](O)[C@H](O)[C@@H](O)O[C@@H]1CO. The number of aliphatic hydroxyl groups is 4. The van der Waals surface area contributed by atoms with Crippen molar-refractivity contribution in [1.82, 2.24) is 0 Å². The maximum absolute atomic E-state index is 10.7. The van der Waals surface area contributed by atoms with Crippen molar-refractivity contribution >= 4 is 5.97 Å². The highest BCUT2D eigenvalue weighted by molar-refractivity contribution is 5.66. The van der Waals surface area contributed by atoms with Gasteiger partial charge in [-0.05, 0) is 0 Å². The van der Waals surface area contributed by atoms with Crippen molar-refractivity contribution in [2.75, 3.05) is 6.61 Å². The molecule has 0 spiro atoms. The lowest BCUT2D eigenvalue weighted by Gasteiger charge is -2.39. The molecule has 0 unspecified atom stereocenters. The van der Waals surface area contributed by atoms with E-state index in [4.69, 9.17) is 14.9 Å². The Labute approximate surface area is 85.9 Å². The molecule has 88 valence electrons. The van der Waals surface area contributed by atoms with Crippen LogP contribution >= 0.6 is 0 Å². The summed E-state index contributed by atoms with van der Waals surface area (Å²) in [7, 11) is 0. The maximum atomic E-state index is 10.7. The Balaban J connectivity index is 2.75. The van der Waals surface area contributed by atoms with Gasteiger partial charge in [0.25, 0.3) is 0 Å². The number of esters is 1. The molecule has 0 bridgehead atoms. The molecule has 0 aliphatic carbocycles. The molecule has 7 nitrogen and oxygen atoms in total. The summed E-state index contributed by atoms with van der Waals surface area (Å²) in [6.45, 7) is 0.581. The third kappa shape index (κ3) is 2.64. The van der Waals surface area contributed by atoms with Crippen LogP contribution in [0.3, 0.4) is 0 Å². The molecule has 0 saturated carbocycles. The van der Waals surface area contributed by atoms with Crippen molar-refractivity contribution < 1.29 is 34.7 Å². The average Bonchev–Trinajstić information content (AvgIpc) is 2.18. The molecule has 0 radical (unpaired) electrons. The van der Waals surface area contributed by atoms with E-state index >= 15 is 0 Å². The standard InChI is InChI=1S/C8H14O7/c1-3(10)14-7-4(2-9)15-8(13)6(12)5(7)11/h4-9,11-13H,2H2,1H3/t4-,5-,6+,7-,8+/m1/s1. The van der Waals surface area contributed by atoms with Crippen molar-refractivity contribution in [2.24, 2.45) is 0 Å². The number of ether oxygens (including phenoxy) is 2. The number of aliphatic hydroxyl groups excluding tert-OH is 4. The summed E-state index contributed by atoms with van der Waals surface area (Å²) in [5.41, 5.74) is 0. The summed E-state index contributed by atoms with van der Waals surface area (Å²) in [6, 6.07) is 0. The minimum atomic E-state index is -1.61. The molecule has 15 heavy (non-hydrogen) atoms. The van der Waals surface area contributed by atoms with Crippen LogP contribution in [0.4, 0.5) is 0 Å². The Hall–Kier alpha value is -0.730. The van der Waals surface area contributed by atoms with E-state index in [2.05, 4.69) is 4.74 Å². The normalized spacial score (nSPS) is 41.3. The topological polar surface area (TPSA) is 116 Å². The minimum Gasteiger partial charge on any atom is -0.457 e. The van der Waals surface area contributed by atoms with Crippen LogP contribution in [0.25, 0.3) is 0 Å². The second-order valence-electron chi connectivity index (χ2n) is 3.30. The molecule has 7 heteroatoms. The molecular weight excluding hydrogens is 208 g/mol. The number of carbonyl (C=O) groups excluding carboxylic acids is 1. The summed E-state index contributed by atoms with van der Waals surface area (Å²) < 4.78 is 9.43. The summed E-state index contributed by atoms with van der Waals surface area (Å²) in [5.74, 6) is -0.676. The zero-order valence-corrected chi connectivity index (χ0v) is 8.11. The Bertz CT molecular complexity index is 229. The van der Waals surface area contributed by atoms with Crippen LogP contribution in [0, 0.1) is 0 Å². The first-order valence-electron chi connectivity index (χ1n) is 4.45. The zero-order chi connectivity index (χ0) is 11.6. The molecule has 0 amide bonds. The van der Waals surface area contributed by atoms with Gasteiger partial charge in [-0.1, -0.05) is 0 Å². The Morgan fingerprint density at radius 1 is 1.33 bits per heavy atom. The molecule has 1 heterocycles. The molecule has 1 aliphatic rings. The molecule has 1 aliphatic heterocycles. The second kappa shape index (κ2) is 4.86. The van der Waals surface area contributed by atoms with Crippen molar-refractivity contribution in [3.8, 4) is 0 Å². The van der Waals surface area contributed by atoms with Gasteiger partial charge >= 0.3 is 5.97 Å². The third-order valence-electron chi connectivity index (χ3n) is 2.14. The first kappa shape index (κ1) is 12.3. The number of rotatable bonds is 2. The molecule has 0 aromatic heterocycles. The smallest absolute Gasteiger partial charge is 0.303 e. The van der Waals surface area contributed by atoms with E-state index in [0.717, 1.165) is 6.92 Å². The van der Waals surface area contributed by atoms with Gasteiger partial charge < -0.3 is 29.9 Å². The van der Waals surface area contributed by atoms with Crippen LogP contribution in [0.2, 0.25) is 0 Å². The summed E-state index contributed by atoms with van der Waals surface area (Å²) in [6.07, 6.45) is -6.91. The van der Waals surface area contributed by atoms with E-state index in [-0.39, 0.29) is 0 Å². The van der Waals surface area contributed by atoms with Gasteiger partial charge in [-0.3, -0.25) is 4.79 Å². The van der Waals surface area contributed by atoms with Crippen molar-refractivity contribution in [1.29, 1.82) is 0 Å². The van der Waals surface area contributed by atoms with E-state index in [1.807, 2.05) is 0 Å². The monoisotopic (exact) mass is 222 g/mol. The lowest BCUT2D eigenvalue weighted by molar-refractivity contribution is -0.289. The summed E-state index contributed by atoms with van der Waals surface area (Å²) >= 11 is 0. The number of carbonyl (C=O) groups is 1. The first-order chi connectivity index (χ1) is 6.97. The van der Waals surface area contributed by atoms with Crippen molar-refractivity contribution in [3.63, 3.8) is 0 Å². The van der Waals surface area contributed by atoms with E-state index in [9.17, 15) is 15.0 Å². The molecule has 0 aromatic carbocycles. The fourth-order valence-corrected chi connectivity index (χ4v) is 1.40. The average molecular weight is 222 g/mol. The van der Waals surface area contributed by atoms with E-state index in [0.29, 0.717) is 0 Å². The van der Waals surface area contributed by atoms with Gasteiger partial charge in [0.2, 0.25) is 0 Å². The van der Waals surface area contributed by atoms with Gasteiger partial charge in [0.15, 0.2) is 12.4 Å². The number of hydrogen-bond donors (Lipinski definition) is 4. The van der Waals surface area contributed by atoms with Crippen LogP contribution in [0.15, 0.2) is 0 Å². The first-order valence-corrected chi connectivity index (χ1v) is 4.45. The molecule has 1 rings (SSSR count). The maximum Gasteiger partial charge on any atom is 0.303 e.